The Hall–Kier alpha value is -2.90. The largest absolute Gasteiger partial charge is 0.487 e. The number of oxazole rings is 1. The van der Waals surface area contributed by atoms with Crippen LogP contribution in [-0.4, -0.2) is 30.8 Å². The Balaban J connectivity index is 1.68. The van der Waals surface area contributed by atoms with Gasteiger partial charge in [0.2, 0.25) is 5.89 Å². The van der Waals surface area contributed by atoms with E-state index in [4.69, 9.17) is 30.2 Å². The number of carbonyl (C=O) groups is 1. The number of hydrogen-bond donors (Lipinski definition) is 0. The van der Waals surface area contributed by atoms with Crippen molar-refractivity contribution in [1.82, 2.24) is 4.98 Å². The zero-order chi connectivity index (χ0) is 22.4. The number of aromatic nitrogens is 1. The maximum absolute atomic E-state index is 14.0. The Morgan fingerprint density at radius 1 is 1.26 bits per heavy atom. The molecular weight excluding hydrogens is 425 g/mol. The van der Waals surface area contributed by atoms with Crippen LogP contribution < -0.4 is 4.74 Å². The van der Waals surface area contributed by atoms with Gasteiger partial charge in [-0.2, -0.15) is 0 Å². The average Bonchev–Trinajstić information content (AvgIpc) is 3.13. The molecule has 0 aliphatic carbocycles. The lowest BCUT2D eigenvalue weighted by Crippen LogP contribution is -2.28. The molecule has 8 heteroatoms. The number of ether oxygens (including phenoxy) is 3. The van der Waals surface area contributed by atoms with Crippen LogP contribution >= 0.6 is 11.6 Å². The maximum atomic E-state index is 14.0. The predicted octanol–water partition coefficient (Wildman–Crippen LogP) is 5.14. The van der Waals surface area contributed by atoms with Crippen LogP contribution in [0.5, 0.6) is 5.75 Å². The lowest BCUT2D eigenvalue weighted by molar-refractivity contribution is -0.153. The number of benzene rings is 2. The number of hydrogen-bond acceptors (Lipinski definition) is 6. The van der Waals surface area contributed by atoms with E-state index in [-0.39, 0.29) is 18.9 Å². The third-order valence-corrected chi connectivity index (χ3v) is 4.99. The second kappa shape index (κ2) is 10.4. The smallest absolute Gasteiger partial charge is 0.335 e. The molecule has 164 valence electrons. The van der Waals surface area contributed by atoms with Gasteiger partial charge in [-0.15, -0.1) is 0 Å². The van der Waals surface area contributed by atoms with Crippen molar-refractivity contribution in [2.45, 2.75) is 33.0 Å². The summed E-state index contributed by atoms with van der Waals surface area (Å²) >= 11 is 6.37. The molecule has 0 spiro atoms. The van der Waals surface area contributed by atoms with Gasteiger partial charge in [0.1, 0.15) is 29.6 Å². The van der Waals surface area contributed by atoms with E-state index in [1.54, 1.807) is 50.2 Å². The van der Waals surface area contributed by atoms with Crippen molar-refractivity contribution in [2.24, 2.45) is 0 Å². The van der Waals surface area contributed by atoms with Gasteiger partial charge >= 0.3 is 5.97 Å². The first-order valence-electron chi connectivity index (χ1n) is 9.74. The SMILES string of the molecule is CCOC(Cc1ccc(OCc2nc(-c3ccccc3F)oc2C)cc1Cl)C(=O)OC. The number of carbonyl (C=O) groups excluding carboxylic acids is 1. The van der Waals surface area contributed by atoms with Crippen molar-refractivity contribution in [3.63, 3.8) is 0 Å². The molecule has 0 saturated heterocycles. The van der Waals surface area contributed by atoms with E-state index in [1.807, 2.05) is 0 Å². The first kappa shape index (κ1) is 22.8. The van der Waals surface area contributed by atoms with Crippen LogP contribution in [0.1, 0.15) is 23.9 Å². The lowest BCUT2D eigenvalue weighted by atomic mass is 10.1. The van der Waals surface area contributed by atoms with Crippen molar-refractivity contribution in [1.29, 1.82) is 0 Å². The standard InChI is InChI=1S/C23H23ClFNO5/c1-4-29-21(23(27)28-3)11-15-9-10-16(12-18(15)24)30-13-20-14(2)31-22(26-20)17-7-5-6-8-19(17)25/h5-10,12,21H,4,11,13H2,1-3H3. The van der Waals surface area contributed by atoms with Crippen LogP contribution in [0.4, 0.5) is 4.39 Å². The van der Waals surface area contributed by atoms with E-state index in [0.29, 0.717) is 34.4 Å². The Morgan fingerprint density at radius 2 is 2.03 bits per heavy atom. The summed E-state index contributed by atoms with van der Waals surface area (Å²) in [6, 6.07) is 11.5. The Bertz CT molecular complexity index is 1050. The molecular formula is C23H23ClFNO5. The minimum atomic E-state index is -0.728. The number of halogens is 2. The molecule has 3 aromatic rings. The fourth-order valence-electron chi connectivity index (χ4n) is 2.99. The van der Waals surface area contributed by atoms with Crippen LogP contribution in [0.15, 0.2) is 46.9 Å². The summed E-state index contributed by atoms with van der Waals surface area (Å²) in [4.78, 5) is 16.2. The van der Waals surface area contributed by atoms with E-state index >= 15 is 0 Å². The topological polar surface area (TPSA) is 70.8 Å². The Kier molecular flexibility index (Phi) is 7.65. The molecule has 2 aromatic carbocycles. The van der Waals surface area contributed by atoms with Gasteiger partial charge in [-0.05, 0) is 43.7 Å². The highest BCUT2D eigenvalue weighted by atomic mass is 35.5. The van der Waals surface area contributed by atoms with Gasteiger partial charge < -0.3 is 18.6 Å². The molecule has 0 aliphatic rings. The molecule has 0 fully saturated rings. The zero-order valence-corrected chi connectivity index (χ0v) is 18.2. The molecule has 1 aromatic heterocycles. The fourth-order valence-corrected chi connectivity index (χ4v) is 3.24. The van der Waals surface area contributed by atoms with E-state index in [2.05, 4.69) is 4.98 Å². The molecule has 1 heterocycles. The Labute approximate surface area is 184 Å². The summed E-state index contributed by atoms with van der Waals surface area (Å²) in [5, 5.41) is 0.440. The average molecular weight is 448 g/mol. The number of aryl methyl sites for hydroxylation is 1. The number of esters is 1. The molecule has 0 saturated carbocycles. The van der Waals surface area contributed by atoms with E-state index in [0.717, 1.165) is 5.56 Å². The monoisotopic (exact) mass is 447 g/mol. The predicted molar refractivity (Wildman–Crippen MR) is 114 cm³/mol. The fraction of sp³-hybridized carbons (Fsp3) is 0.304. The lowest BCUT2D eigenvalue weighted by Gasteiger charge is -2.16. The van der Waals surface area contributed by atoms with Crippen molar-refractivity contribution >= 4 is 17.6 Å². The van der Waals surface area contributed by atoms with Gasteiger partial charge in [0.25, 0.3) is 0 Å². The van der Waals surface area contributed by atoms with E-state index < -0.39 is 17.9 Å². The van der Waals surface area contributed by atoms with E-state index in [1.165, 1.54) is 13.2 Å². The summed E-state index contributed by atoms with van der Waals surface area (Å²) in [5.74, 6) is 0.405. The third-order valence-electron chi connectivity index (χ3n) is 4.63. The summed E-state index contributed by atoms with van der Waals surface area (Å²) in [5.41, 5.74) is 1.58. The Morgan fingerprint density at radius 3 is 2.71 bits per heavy atom. The molecule has 0 N–H and O–H groups in total. The molecule has 3 rings (SSSR count). The summed E-state index contributed by atoms with van der Waals surface area (Å²) < 4.78 is 35.6. The number of rotatable bonds is 9. The molecule has 0 amide bonds. The number of methoxy groups -OCH3 is 1. The molecule has 31 heavy (non-hydrogen) atoms. The third kappa shape index (κ3) is 5.62. The second-order valence-electron chi connectivity index (χ2n) is 6.71. The van der Waals surface area contributed by atoms with Gasteiger partial charge in [0.05, 0.1) is 12.7 Å². The van der Waals surface area contributed by atoms with Crippen LogP contribution in [0.3, 0.4) is 0 Å². The van der Waals surface area contributed by atoms with Crippen LogP contribution in [-0.2, 0) is 27.3 Å². The quantitative estimate of drug-likeness (QED) is 0.423. The van der Waals surface area contributed by atoms with Gasteiger partial charge in [0, 0.05) is 18.1 Å². The highest BCUT2D eigenvalue weighted by Gasteiger charge is 2.21. The van der Waals surface area contributed by atoms with Crippen LogP contribution in [0, 0.1) is 12.7 Å². The minimum Gasteiger partial charge on any atom is -0.487 e. The number of nitrogens with zero attached hydrogens (tertiary/aromatic N) is 1. The molecule has 1 atom stereocenters. The molecule has 6 nitrogen and oxygen atoms in total. The van der Waals surface area contributed by atoms with Crippen molar-refractivity contribution in [2.75, 3.05) is 13.7 Å². The van der Waals surface area contributed by atoms with Gasteiger partial charge in [-0.1, -0.05) is 29.8 Å². The van der Waals surface area contributed by atoms with Gasteiger partial charge in [0.15, 0.2) is 6.10 Å². The molecule has 0 bridgehead atoms. The van der Waals surface area contributed by atoms with E-state index in [9.17, 15) is 9.18 Å². The van der Waals surface area contributed by atoms with Crippen LogP contribution in [0.2, 0.25) is 5.02 Å². The first-order chi connectivity index (χ1) is 14.9. The van der Waals surface area contributed by atoms with Gasteiger partial charge in [-0.25, -0.2) is 14.2 Å². The van der Waals surface area contributed by atoms with Crippen molar-refractivity contribution in [3.05, 3.63) is 70.3 Å². The van der Waals surface area contributed by atoms with Crippen molar-refractivity contribution < 1.29 is 27.8 Å². The first-order valence-corrected chi connectivity index (χ1v) is 10.1. The summed E-state index contributed by atoms with van der Waals surface area (Å²) in [7, 11) is 1.32. The molecule has 1 unspecified atom stereocenters. The van der Waals surface area contributed by atoms with Gasteiger partial charge in [-0.3, -0.25) is 0 Å². The highest BCUT2D eigenvalue weighted by molar-refractivity contribution is 6.31. The normalized spacial score (nSPS) is 11.9. The zero-order valence-electron chi connectivity index (χ0n) is 17.5. The second-order valence-corrected chi connectivity index (χ2v) is 7.12. The minimum absolute atomic E-state index is 0.128. The summed E-state index contributed by atoms with van der Waals surface area (Å²) in [6.45, 7) is 4.05. The molecule has 0 aliphatic heterocycles. The summed E-state index contributed by atoms with van der Waals surface area (Å²) in [6.07, 6.45) is -0.442. The van der Waals surface area contributed by atoms with Crippen LogP contribution in [0.25, 0.3) is 11.5 Å². The molecule has 0 radical (unpaired) electrons. The van der Waals surface area contributed by atoms with Crippen molar-refractivity contribution in [3.8, 4) is 17.2 Å². The maximum Gasteiger partial charge on any atom is 0.335 e. The highest BCUT2D eigenvalue weighted by Crippen LogP contribution is 2.27.